The molecule has 0 atom stereocenters. The number of aromatic amines is 1. The van der Waals surface area contributed by atoms with Crippen molar-refractivity contribution in [1.29, 1.82) is 5.26 Å². The lowest BCUT2D eigenvalue weighted by atomic mass is 10.1. The van der Waals surface area contributed by atoms with Crippen molar-refractivity contribution < 1.29 is 9.18 Å². The molecule has 0 bridgehead atoms. The first-order valence-electron chi connectivity index (χ1n) is 8.85. The Bertz CT molecular complexity index is 1030. The first kappa shape index (κ1) is 17.7. The number of rotatable bonds is 3. The van der Waals surface area contributed by atoms with Gasteiger partial charge in [-0.1, -0.05) is 12.1 Å². The molecule has 0 unspecified atom stereocenters. The molecule has 0 radical (unpaired) electrons. The van der Waals surface area contributed by atoms with Gasteiger partial charge in [-0.2, -0.15) is 10.4 Å². The number of hydrogen-bond acceptors (Lipinski definition) is 5. The van der Waals surface area contributed by atoms with Gasteiger partial charge in [-0.25, -0.2) is 9.37 Å². The number of piperazine rings is 1. The number of anilines is 1. The zero-order valence-corrected chi connectivity index (χ0v) is 15.0. The minimum absolute atomic E-state index is 0.138. The van der Waals surface area contributed by atoms with Gasteiger partial charge in [0.25, 0.3) is 5.91 Å². The summed E-state index contributed by atoms with van der Waals surface area (Å²) in [5.74, 6) is 0.282. The van der Waals surface area contributed by atoms with Crippen LogP contribution in [0.25, 0.3) is 11.3 Å². The lowest BCUT2D eigenvalue weighted by Crippen LogP contribution is -2.49. The Kier molecular flexibility index (Phi) is 4.72. The Hall–Kier alpha value is -3.73. The summed E-state index contributed by atoms with van der Waals surface area (Å²) in [6, 6.07) is 11.7. The second-order valence-corrected chi connectivity index (χ2v) is 6.47. The molecule has 0 spiro atoms. The molecule has 1 amide bonds. The highest BCUT2D eigenvalue weighted by atomic mass is 19.1. The summed E-state index contributed by atoms with van der Waals surface area (Å²) in [6.45, 7) is 2.35. The van der Waals surface area contributed by atoms with Crippen LogP contribution < -0.4 is 4.90 Å². The fourth-order valence-corrected chi connectivity index (χ4v) is 3.26. The molecule has 4 rings (SSSR count). The number of amides is 1. The van der Waals surface area contributed by atoms with Crippen LogP contribution in [0.5, 0.6) is 0 Å². The maximum Gasteiger partial charge on any atom is 0.257 e. The molecule has 3 aromatic rings. The third-order valence-electron chi connectivity index (χ3n) is 4.75. The SMILES string of the molecule is N#Cc1ccc(N2CCN(C(=O)c3cn[nH]c3-c3cccc(F)c3)CC2)nc1. The van der Waals surface area contributed by atoms with Crippen molar-refractivity contribution in [1.82, 2.24) is 20.1 Å². The van der Waals surface area contributed by atoms with Gasteiger partial charge in [-0.05, 0) is 24.3 Å². The number of carbonyl (C=O) groups excluding carboxylic acids is 1. The standard InChI is InChI=1S/C20H17FN6O/c21-16-3-1-2-15(10-16)19-17(13-24-25-19)20(28)27-8-6-26(7-9-27)18-5-4-14(11-22)12-23-18/h1-5,10,12-13H,6-9H2,(H,24,25). The molecule has 28 heavy (non-hydrogen) atoms. The van der Waals surface area contributed by atoms with E-state index in [0.29, 0.717) is 48.6 Å². The molecule has 1 aliphatic rings. The van der Waals surface area contributed by atoms with Crippen molar-refractivity contribution in [3.8, 4) is 17.3 Å². The number of H-pyrrole nitrogens is 1. The average Bonchev–Trinajstić information content (AvgIpc) is 3.23. The molecule has 1 fully saturated rings. The monoisotopic (exact) mass is 376 g/mol. The van der Waals surface area contributed by atoms with Gasteiger partial charge in [0, 0.05) is 37.9 Å². The molecular formula is C20H17FN6O. The molecule has 8 heteroatoms. The van der Waals surface area contributed by atoms with Crippen LogP contribution >= 0.6 is 0 Å². The van der Waals surface area contributed by atoms with Crippen molar-refractivity contribution in [3.63, 3.8) is 0 Å². The van der Waals surface area contributed by atoms with Crippen LogP contribution in [0, 0.1) is 17.1 Å². The molecular weight excluding hydrogens is 359 g/mol. The van der Waals surface area contributed by atoms with Crippen molar-refractivity contribution in [2.24, 2.45) is 0 Å². The van der Waals surface area contributed by atoms with E-state index in [2.05, 4.69) is 26.2 Å². The number of nitrogens with zero attached hydrogens (tertiary/aromatic N) is 5. The smallest absolute Gasteiger partial charge is 0.257 e. The van der Waals surface area contributed by atoms with E-state index in [-0.39, 0.29) is 11.7 Å². The molecule has 1 N–H and O–H groups in total. The molecule has 0 aliphatic carbocycles. The lowest BCUT2D eigenvalue weighted by molar-refractivity contribution is 0.0747. The second-order valence-electron chi connectivity index (χ2n) is 6.47. The molecule has 140 valence electrons. The van der Waals surface area contributed by atoms with Gasteiger partial charge in [0.2, 0.25) is 0 Å². The number of benzene rings is 1. The minimum Gasteiger partial charge on any atom is -0.353 e. The third kappa shape index (κ3) is 3.42. The molecule has 1 saturated heterocycles. The number of nitriles is 1. The Morgan fingerprint density at radius 3 is 2.64 bits per heavy atom. The fourth-order valence-electron chi connectivity index (χ4n) is 3.26. The summed E-state index contributed by atoms with van der Waals surface area (Å²) in [4.78, 5) is 21.1. The summed E-state index contributed by atoms with van der Waals surface area (Å²) in [6.07, 6.45) is 3.03. The Labute approximate surface area is 161 Å². The molecule has 1 aromatic carbocycles. The highest BCUT2D eigenvalue weighted by molar-refractivity contribution is 5.99. The topological polar surface area (TPSA) is 88.9 Å². The predicted octanol–water partition coefficient (Wildman–Crippen LogP) is 2.44. The van der Waals surface area contributed by atoms with E-state index in [0.717, 1.165) is 5.82 Å². The average molecular weight is 376 g/mol. The van der Waals surface area contributed by atoms with Crippen LogP contribution in [-0.2, 0) is 0 Å². The van der Waals surface area contributed by atoms with E-state index in [1.165, 1.54) is 18.3 Å². The number of aromatic nitrogens is 3. The van der Waals surface area contributed by atoms with Crippen LogP contribution in [0.2, 0.25) is 0 Å². The van der Waals surface area contributed by atoms with Crippen LogP contribution in [0.3, 0.4) is 0 Å². The van der Waals surface area contributed by atoms with E-state index < -0.39 is 0 Å². The number of hydrogen-bond donors (Lipinski definition) is 1. The van der Waals surface area contributed by atoms with Gasteiger partial charge in [0.15, 0.2) is 0 Å². The highest BCUT2D eigenvalue weighted by Crippen LogP contribution is 2.24. The molecule has 2 aromatic heterocycles. The van der Waals surface area contributed by atoms with E-state index in [4.69, 9.17) is 5.26 Å². The van der Waals surface area contributed by atoms with Crippen molar-refractivity contribution in [2.75, 3.05) is 31.1 Å². The quantitative estimate of drug-likeness (QED) is 0.758. The van der Waals surface area contributed by atoms with E-state index in [1.54, 1.807) is 29.3 Å². The first-order chi connectivity index (χ1) is 13.7. The Morgan fingerprint density at radius 2 is 1.96 bits per heavy atom. The number of nitrogens with one attached hydrogen (secondary N) is 1. The summed E-state index contributed by atoms with van der Waals surface area (Å²) < 4.78 is 13.5. The zero-order valence-electron chi connectivity index (χ0n) is 15.0. The normalized spacial score (nSPS) is 14.0. The maximum absolute atomic E-state index is 13.5. The Balaban J connectivity index is 1.46. The molecule has 1 aliphatic heterocycles. The summed E-state index contributed by atoms with van der Waals surface area (Å²) in [7, 11) is 0. The van der Waals surface area contributed by atoms with Crippen LogP contribution in [-0.4, -0.2) is 52.2 Å². The first-order valence-corrected chi connectivity index (χ1v) is 8.85. The summed E-state index contributed by atoms with van der Waals surface area (Å²) >= 11 is 0. The van der Waals surface area contributed by atoms with Crippen LogP contribution in [0.1, 0.15) is 15.9 Å². The third-order valence-corrected chi connectivity index (χ3v) is 4.75. The number of pyridine rings is 1. The minimum atomic E-state index is -0.367. The summed E-state index contributed by atoms with van der Waals surface area (Å²) in [5, 5.41) is 15.7. The zero-order chi connectivity index (χ0) is 19.5. The Morgan fingerprint density at radius 1 is 1.14 bits per heavy atom. The predicted molar refractivity (Wildman–Crippen MR) is 101 cm³/mol. The molecule has 0 saturated carbocycles. The fraction of sp³-hybridized carbons (Fsp3) is 0.200. The van der Waals surface area contributed by atoms with Gasteiger partial charge in [0.1, 0.15) is 17.7 Å². The van der Waals surface area contributed by atoms with Crippen molar-refractivity contribution in [2.45, 2.75) is 0 Å². The number of carbonyl (C=O) groups is 1. The number of halogens is 1. The van der Waals surface area contributed by atoms with Gasteiger partial charge in [-0.15, -0.1) is 0 Å². The van der Waals surface area contributed by atoms with Crippen LogP contribution in [0.15, 0.2) is 48.8 Å². The van der Waals surface area contributed by atoms with Gasteiger partial charge < -0.3 is 9.80 Å². The second kappa shape index (κ2) is 7.48. The maximum atomic E-state index is 13.5. The van der Waals surface area contributed by atoms with Crippen molar-refractivity contribution >= 4 is 11.7 Å². The lowest BCUT2D eigenvalue weighted by Gasteiger charge is -2.35. The van der Waals surface area contributed by atoms with Gasteiger partial charge in [-0.3, -0.25) is 9.89 Å². The van der Waals surface area contributed by atoms with Gasteiger partial charge >= 0.3 is 0 Å². The van der Waals surface area contributed by atoms with E-state index in [9.17, 15) is 9.18 Å². The van der Waals surface area contributed by atoms with E-state index in [1.807, 2.05) is 6.07 Å². The van der Waals surface area contributed by atoms with E-state index >= 15 is 0 Å². The largest absolute Gasteiger partial charge is 0.353 e. The van der Waals surface area contributed by atoms with Crippen LogP contribution in [0.4, 0.5) is 10.2 Å². The highest BCUT2D eigenvalue weighted by Gasteiger charge is 2.26. The van der Waals surface area contributed by atoms with Crippen molar-refractivity contribution in [3.05, 3.63) is 65.7 Å². The molecule has 3 heterocycles. The molecule has 7 nitrogen and oxygen atoms in total. The van der Waals surface area contributed by atoms with Gasteiger partial charge in [0.05, 0.1) is 23.0 Å². The summed E-state index contributed by atoms with van der Waals surface area (Å²) in [5.41, 5.74) is 2.04.